The molecule has 3 rings (SSSR count). The molecule has 0 radical (unpaired) electrons. The Hall–Kier alpha value is -3.23. The molecule has 0 fully saturated rings. The van der Waals surface area contributed by atoms with Crippen LogP contribution in [0.4, 0.5) is 0 Å². The molecule has 0 bridgehead atoms. The van der Waals surface area contributed by atoms with Gasteiger partial charge in [-0.3, -0.25) is 14.6 Å². The van der Waals surface area contributed by atoms with Crippen LogP contribution in [0.15, 0.2) is 33.9 Å². The van der Waals surface area contributed by atoms with E-state index in [4.69, 9.17) is 0 Å². The van der Waals surface area contributed by atoms with Gasteiger partial charge < -0.3 is 10.3 Å². The molecule has 3 aromatic rings. The molecule has 2 heterocycles. The fraction of sp³-hybridized carbons (Fsp3) is 0.214. The predicted molar refractivity (Wildman–Crippen MR) is 81.7 cm³/mol. The van der Waals surface area contributed by atoms with Gasteiger partial charge in [0.1, 0.15) is 11.5 Å². The van der Waals surface area contributed by atoms with E-state index < -0.39 is 5.69 Å². The molecule has 0 saturated heterocycles. The smallest absolute Gasteiger partial charge is 0.340 e. The highest BCUT2D eigenvalue weighted by Gasteiger charge is 2.08. The normalized spacial score (nSPS) is 10.8. The molecule has 2 aromatic heterocycles. The number of aromatic amines is 3. The highest BCUT2D eigenvalue weighted by atomic mass is 16.2. The van der Waals surface area contributed by atoms with Gasteiger partial charge in [0.15, 0.2) is 0 Å². The number of amides is 1. The molecule has 1 amide bonds. The van der Waals surface area contributed by atoms with Crippen LogP contribution in [0.5, 0.6) is 0 Å². The minimum atomic E-state index is -0.429. The lowest BCUT2D eigenvalue weighted by Gasteiger charge is -2.04. The zero-order valence-corrected chi connectivity index (χ0v) is 12.0. The van der Waals surface area contributed by atoms with Gasteiger partial charge in [-0.15, -0.1) is 0 Å². The number of carbonyl (C=O) groups excluding carboxylic acids is 1. The zero-order valence-electron chi connectivity index (χ0n) is 12.0. The first-order valence-electron chi connectivity index (χ1n) is 7.00. The molecule has 0 aliphatic carbocycles. The van der Waals surface area contributed by atoms with Crippen LogP contribution in [0, 0.1) is 0 Å². The predicted octanol–water partition coefficient (Wildman–Crippen LogP) is -0.416. The third kappa shape index (κ3) is 3.51. The number of nitrogens with one attached hydrogen (secondary N) is 4. The number of aryl methyl sites for hydroxylation is 1. The van der Waals surface area contributed by atoms with Gasteiger partial charge in [-0.25, -0.2) is 14.9 Å². The van der Waals surface area contributed by atoms with Crippen LogP contribution >= 0.6 is 0 Å². The van der Waals surface area contributed by atoms with Crippen LogP contribution in [0.1, 0.15) is 17.9 Å². The van der Waals surface area contributed by atoms with E-state index in [1.54, 1.807) is 12.1 Å². The fourth-order valence-electron chi connectivity index (χ4n) is 2.13. The van der Waals surface area contributed by atoms with Crippen LogP contribution in [-0.2, 0) is 17.8 Å². The Morgan fingerprint density at radius 3 is 2.78 bits per heavy atom. The lowest BCUT2D eigenvalue weighted by atomic mass is 10.2. The van der Waals surface area contributed by atoms with E-state index in [-0.39, 0.29) is 30.9 Å². The van der Waals surface area contributed by atoms with E-state index in [2.05, 4.69) is 30.5 Å². The molecule has 0 spiro atoms. The van der Waals surface area contributed by atoms with E-state index in [0.29, 0.717) is 22.6 Å². The number of rotatable bonds is 5. The van der Waals surface area contributed by atoms with Crippen molar-refractivity contribution in [3.05, 3.63) is 56.6 Å². The Balaban J connectivity index is 1.61. The van der Waals surface area contributed by atoms with Gasteiger partial charge in [-0.2, -0.15) is 5.10 Å². The molecule has 0 atom stereocenters. The van der Waals surface area contributed by atoms with Crippen LogP contribution in [0.3, 0.4) is 0 Å². The second-order valence-corrected chi connectivity index (χ2v) is 4.93. The van der Waals surface area contributed by atoms with E-state index >= 15 is 0 Å². The number of carbonyl (C=O) groups is 1. The molecule has 0 unspecified atom stereocenters. The summed E-state index contributed by atoms with van der Waals surface area (Å²) in [6.45, 7) is 0.110. The van der Waals surface area contributed by atoms with Gasteiger partial charge in [0.25, 0.3) is 5.56 Å². The number of fused-ring (bicyclic) bond motifs is 1. The summed E-state index contributed by atoms with van der Waals surface area (Å²) >= 11 is 0. The molecule has 0 aliphatic rings. The van der Waals surface area contributed by atoms with Crippen molar-refractivity contribution in [1.82, 2.24) is 30.5 Å². The maximum absolute atomic E-state index is 11.9. The first-order valence-corrected chi connectivity index (χ1v) is 7.00. The lowest BCUT2D eigenvalue weighted by molar-refractivity contribution is -0.121. The number of hydrogen-bond acceptors (Lipinski definition) is 5. The van der Waals surface area contributed by atoms with Crippen molar-refractivity contribution < 1.29 is 4.79 Å². The van der Waals surface area contributed by atoms with E-state index in [0.717, 1.165) is 0 Å². The van der Waals surface area contributed by atoms with Crippen molar-refractivity contribution in [2.75, 3.05) is 0 Å². The SMILES string of the molecule is O=C(CCc1nc2ccccc2[nH]c1=O)NCc1n[nH]c(=O)[nH]1. The summed E-state index contributed by atoms with van der Waals surface area (Å²) in [5.74, 6) is 0.0771. The summed E-state index contributed by atoms with van der Waals surface area (Å²) in [7, 11) is 0. The minimum absolute atomic E-state index is 0.110. The number of nitrogens with zero attached hydrogens (tertiary/aromatic N) is 2. The van der Waals surface area contributed by atoms with Gasteiger partial charge in [0, 0.05) is 12.8 Å². The second kappa shape index (κ2) is 6.26. The van der Waals surface area contributed by atoms with E-state index in [1.165, 1.54) is 0 Å². The number of hydrogen-bond donors (Lipinski definition) is 4. The Labute approximate surface area is 129 Å². The largest absolute Gasteiger partial charge is 0.349 e. The maximum atomic E-state index is 11.9. The van der Waals surface area contributed by atoms with Crippen molar-refractivity contribution in [2.45, 2.75) is 19.4 Å². The molecule has 23 heavy (non-hydrogen) atoms. The van der Waals surface area contributed by atoms with Crippen LogP contribution in [-0.4, -0.2) is 31.1 Å². The average Bonchev–Trinajstić information content (AvgIpc) is 2.96. The van der Waals surface area contributed by atoms with Crippen molar-refractivity contribution in [3.8, 4) is 0 Å². The Morgan fingerprint density at radius 2 is 2.00 bits per heavy atom. The molecular weight excluding hydrogens is 300 g/mol. The first kappa shape index (κ1) is 14.7. The molecule has 9 nitrogen and oxygen atoms in total. The fourth-order valence-corrected chi connectivity index (χ4v) is 2.13. The van der Waals surface area contributed by atoms with Gasteiger partial charge in [-0.05, 0) is 12.1 Å². The third-order valence-electron chi connectivity index (χ3n) is 3.26. The van der Waals surface area contributed by atoms with Gasteiger partial charge in [0.05, 0.1) is 17.6 Å². The minimum Gasteiger partial charge on any atom is -0.349 e. The quantitative estimate of drug-likeness (QED) is 0.507. The molecular formula is C14H14N6O3. The Kier molecular flexibility index (Phi) is 4.00. The Morgan fingerprint density at radius 1 is 1.17 bits per heavy atom. The number of benzene rings is 1. The van der Waals surface area contributed by atoms with Crippen LogP contribution in [0.25, 0.3) is 11.0 Å². The summed E-state index contributed by atoms with van der Waals surface area (Å²) in [6.07, 6.45) is 0.339. The first-order chi connectivity index (χ1) is 11.1. The molecule has 4 N–H and O–H groups in total. The van der Waals surface area contributed by atoms with Gasteiger partial charge in [-0.1, -0.05) is 12.1 Å². The summed E-state index contributed by atoms with van der Waals surface area (Å²) in [5.41, 5.74) is 0.922. The standard InChI is InChI=1S/C14H14N6O3/c21-12(15-7-11-18-14(23)20-19-11)6-5-10-13(22)17-9-4-2-1-3-8(9)16-10/h1-4H,5-7H2,(H,15,21)(H,17,22)(H2,18,19,20,23). The third-order valence-corrected chi connectivity index (χ3v) is 3.26. The van der Waals surface area contributed by atoms with Crippen LogP contribution < -0.4 is 16.6 Å². The van der Waals surface area contributed by atoms with Crippen molar-refractivity contribution in [2.24, 2.45) is 0 Å². The second-order valence-electron chi connectivity index (χ2n) is 4.93. The van der Waals surface area contributed by atoms with Gasteiger partial charge in [0.2, 0.25) is 5.91 Å². The monoisotopic (exact) mass is 314 g/mol. The topological polar surface area (TPSA) is 136 Å². The van der Waals surface area contributed by atoms with Gasteiger partial charge >= 0.3 is 5.69 Å². The summed E-state index contributed by atoms with van der Waals surface area (Å²) < 4.78 is 0. The summed E-state index contributed by atoms with van der Waals surface area (Å²) in [5, 5.41) is 8.49. The molecule has 0 saturated carbocycles. The highest BCUT2D eigenvalue weighted by molar-refractivity contribution is 5.76. The van der Waals surface area contributed by atoms with Crippen LogP contribution in [0.2, 0.25) is 0 Å². The maximum Gasteiger partial charge on any atom is 0.340 e. The van der Waals surface area contributed by atoms with Crippen molar-refractivity contribution in [3.63, 3.8) is 0 Å². The number of aromatic nitrogens is 5. The average molecular weight is 314 g/mol. The van der Waals surface area contributed by atoms with Crippen molar-refractivity contribution >= 4 is 16.9 Å². The molecule has 118 valence electrons. The summed E-state index contributed by atoms with van der Waals surface area (Å²) in [4.78, 5) is 44.0. The Bertz CT molecular complexity index is 955. The zero-order chi connectivity index (χ0) is 16.2. The number of H-pyrrole nitrogens is 3. The van der Waals surface area contributed by atoms with E-state index in [1.807, 2.05) is 12.1 Å². The summed E-state index contributed by atoms with van der Waals surface area (Å²) in [6, 6.07) is 7.20. The van der Waals surface area contributed by atoms with Crippen molar-refractivity contribution in [1.29, 1.82) is 0 Å². The molecule has 9 heteroatoms. The number of para-hydroxylation sites is 2. The molecule has 1 aromatic carbocycles. The molecule has 0 aliphatic heterocycles. The highest BCUT2D eigenvalue weighted by Crippen LogP contribution is 2.06. The van der Waals surface area contributed by atoms with E-state index in [9.17, 15) is 14.4 Å². The lowest BCUT2D eigenvalue weighted by Crippen LogP contribution is -2.25.